The maximum atomic E-state index is 10.8. The zero-order valence-corrected chi connectivity index (χ0v) is 11.1. The van der Waals surface area contributed by atoms with Gasteiger partial charge < -0.3 is 11.1 Å². The number of carbonyl (C=O) groups is 1. The summed E-state index contributed by atoms with van der Waals surface area (Å²) < 4.78 is 0.550. The number of nitrogens with one attached hydrogen (secondary N) is 1. The molecule has 1 heterocycles. The average Bonchev–Trinajstić information content (AvgIpc) is 2.29. The zero-order chi connectivity index (χ0) is 13.5. The van der Waals surface area contributed by atoms with Gasteiger partial charge in [-0.25, -0.2) is 4.98 Å². The quantitative estimate of drug-likeness (QED) is 0.452. The van der Waals surface area contributed by atoms with E-state index >= 15 is 0 Å². The average molecular weight is 317 g/mol. The molecule has 1 amide bonds. The molecule has 0 unspecified atom stereocenters. The Morgan fingerprint density at radius 3 is 2.89 bits per heavy atom. The van der Waals surface area contributed by atoms with Crippen LogP contribution in [0.25, 0.3) is 0 Å². The first-order valence-corrected chi connectivity index (χ1v) is 6.12. The van der Waals surface area contributed by atoms with Crippen molar-refractivity contribution in [1.29, 1.82) is 0 Å². The fraction of sp³-hybridized carbons (Fsp3) is 0.400. The van der Waals surface area contributed by atoms with Crippen molar-refractivity contribution in [2.45, 2.75) is 19.3 Å². The second kappa shape index (κ2) is 6.90. The summed E-state index contributed by atoms with van der Waals surface area (Å²) >= 11 is 3.13. The van der Waals surface area contributed by atoms with E-state index < -0.39 is 4.92 Å². The van der Waals surface area contributed by atoms with Crippen molar-refractivity contribution in [2.75, 3.05) is 11.9 Å². The zero-order valence-electron chi connectivity index (χ0n) is 9.56. The number of anilines is 1. The van der Waals surface area contributed by atoms with Gasteiger partial charge in [0.15, 0.2) is 0 Å². The molecule has 8 heteroatoms. The molecule has 1 rings (SSSR count). The predicted octanol–water partition coefficient (Wildman–Crippen LogP) is 1.82. The van der Waals surface area contributed by atoms with Crippen molar-refractivity contribution >= 4 is 33.3 Å². The number of aromatic nitrogens is 1. The van der Waals surface area contributed by atoms with Gasteiger partial charge in [0.2, 0.25) is 11.7 Å². The molecule has 0 saturated carbocycles. The molecule has 0 aromatic carbocycles. The molecule has 98 valence electrons. The van der Waals surface area contributed by atoms with Gasteiger partial charge >= 0.3 is 5.69 Å². The van der Waals surface area contributed by atoms with Crippen LogP contribution >= 0.6 is 15.9 Å². The van der Waals surface area contributed by atoms with Crippen LogP contribution in [0.2, 0.25) is 0 Å². The third-order valence-corrected chi connectivity index (χ3v) is 2.61. The summed E-state index contributed by atoms with van der Waals surface area (Å²) in [5.74, 6) is -0.120. The Hall–Kier alpha value is -1.70. The first kappa shape index (κ1) is 14.4. The summed E-state index contributed by atoms with van der Waals surface area (Å²) in [5.41, 5.74) is 4.92. The minimum absolute atomic E-state index is 0.0840. The summed E-state index contributed by atoms with van der Waals surface area (Å²) in [6.45, 7) is 0.503. The molecule has 0 aliphatic heterocycles. The summed E-state index contributed by atoms with van der Waals surface area (Å²) in [7, 11) is 0. The Morgan fingerprint density at radius 1 is 1.56 bits per heavy atom. The number of amides is 1. The highest BCUT2D eigenvalue weighted by molar-refractivity contribution is 9.10. The Bertz CT molecular complexity index is 453. The first-order chi connectivity index (χ1) is 8.50. The van der Waals surface area contributed by atoms with E-state index in [0.717, 1.165) is 0 Å². The second-order valence-electron chi connectivity index (χ2n) is 3.63. The van der Waals surface area contributed by atoms with Gasteiger partial charge in [-0.15, -0.1) is 0 Å². The van der Waals surface area contributed by atoms with E-state index in [4.69, 9.17) is 5.73 Å². The highest BCUT2D eigenvalue weighted by Crippen LogP contribution is 2.25. The monoisotopic (exact) mass is 316 g/mol. The number of unbranched alkanes of at least 4 members (excludes halogenated alkanes) is 1. The molecule has 0 aliphatic carbocycles. The first-order valence-electron chi connectivity index (χ1n) is 5.33. The van der Waals surface area contributed by atoms with Gasteiger partial charge in [-0.1, -0.05) is 0 Å². The lowest BCUT2D eigenvalue weighted by Gasteiger charge is -2.05. The highest BCUT2D eigenvalue weighted by atomic mass is 79.9. The van der Waals surface area contributed by atoms with Crippen LogP contribution in [-0.2, 0) is 4.79 Å². The molecule has 0 spiro atoms. The third kappa shape index (κ3) is 4.66. The van der Waals surface area contributed by atoms with Gasteiger partial charge in [0.25, 0.3) is 0 Å². The number of carbonyl (C=O) groups excluding carboxylic acids is 1. The number of hydrogen-bond donors (Lipinski definition) is 2. The van der Waals surface area contributed by atoms with Crippen LogP contribution in [0.1, 0.15) is 19.3 Å². The Morgan fingerprint density at radius 2 is 2.28 bits per heavy atom. The van der Waals surface area contributed by atoms with E-state index in [1.807, 2.05) is 0 Å². The lowest BCUT2D eigenvalue weighted by molar-refractivity contribution is -0.384. The van der Waals surface area contributed by atoms with Crippen LogP contribution in [0, 0.1) is 10.1 Å². The van der Waals surface area contributed by atoms with Crippen LogP contribution in [0.4, 0.5) is 11.5 Å². The van der Waals surface area contributed by atoms with E-state index in [9.17, 15) is 14.9 Å². The van der Waals surface area contributed by atoms with Crippen molar-refractivity contribution < 1.29 is 9.72 Å². The smallest absolute Gasteiger partial charge is 0.312 e. The van der Waals surface area contributed by atoms with Crippen molar-refractivity contribution in [3.8, 4) is 0 Å². The number of pyridine rings is 1. The molecule has 0 aliphatic rings. The summed E-state index contributed by atoms with van der Waals surface area (Å²) in [4.78, 5) is 24.7. The van der Waals surface area contributed by atoms with Crippen LogP contribution in [0.3, 0.4) is 0 Å². The lowest BCUT2D eigenvalue weighted by atomic mass is 10.2. The minimum Gasteiger partial charge on any atom is -0.370 e. The Balaban J connectivity index is 2.51. The minimum atomic E-state index is -0.497. The van der Waals surface area contributed by atoms with E-state index in [-0.39, 0.29) is 17.4 Å². The normalized spacial score (nSPS) is 10.1. The topological polar surface area (TPSA) is 111 Å². The maximum Gasteiger partial charge on any atom is 0.312 e. The number of rotatable bonds is 7. The fourth-order valence-electron chi connectivity index (χ4n) is 1.33. The van der Waals surface area contributed by atoms with Gasteiger partial charge in [-0.3, -0.25) is 14.9 Å². The van der Waals surface area contributed by atoms with E-state index in [1.54, 1.807) is 0 Å². The Kier molecular flexibility index (Phi) is 5.50. The summed E-state index contributed by atoms with van der Waals surface area (Å²) in [6, 6.07) is 1.39. The Labute approximate surface area is 112 Å². The second-order valence-corrected chi connectivity index (χ2v) is 4.54. The van der Waals surface area contributed by atoms with Crippen LogP contribution in [-0.4, -0.2) is 22.4 Å². The molecule has 0 fully saturated rings. The number of halogens is 1. The molecule has 3 N–H and O–H groups in total. The molecule has 0 saturated heterocycles. The number of hydrogen-bond acceptors (Lipinski definition) is 5. The van der Waals surface area contributed by atoms with Crippen LogP contribution < -0.4 is 11.1 Å². The van der Waals surface area contributed by atoms with Gasteiger partial charge in [-0.05, 0) is 28.8 Å². The van der Waals surface area contributed by atoms with Crippen molar-refractivity contribution in [3.05, 3.63) is 26.9 Å². The van der Waals surface area contributed by atoms with Gasteiger partial charge in [0.1, 0.15) is 0 Å². The molecule has 0 radical (unpaired) electrons. The van der Waals surface area contributed by atoms with Crippen LogP contribution in [0.15, 0.2) is 16.7 Å². The standard InChI is InChI=1S/C10H13BrN4O3/c11-7-5-8(15(17)18)10(14-6-7)13-4-2-1-3-9(12)16/h5-6H,1-4H2,(H2,12,16)(H,13,14). The third-order valence-electron chi connectivity index (χ3n) is 2.17. The maximum absolute atomic E-state index is 10.8. The van der Waals surface area contributed by atoms with Crippen molar-refractivity contribution in [3.63, 3.8) is 0 Å². The number of nitro groups is 1. The number of nitrogens with two attached hydrogens (primary N) is 1. The van der Waals surface area contributed by atoms with Gasteiger partial charge in [0, 0.05) is 29.7 Å². The molecule has 7 nitrogen and oxygen atoms in total. The lowest BCUT2D eigenvalue weighted by Crippen LogP contribution is -2.11. The molecule has 0 atom stereocenters. The van der Waals surface area contributed by atoms with Crippen LogP contribution in [0.5, 0.6) is 0 Å². The van der Waals surface area contributed by atoms with Crippen molar-refractivity contribution in [2.24, 2.45) is 5.73 Å². The van der Waals surface area contributed by atoms with E-state index in [2.05, 4.69) is 26.2 Å². The molecule has 1 aromatic heterocycles. The fourth-order valence-corrected chi connectivity index (χ4v) is 1.65. The number of nitrogens with zero attached hydrogens (tertiary/aromatic N) is 2. The SMILES string of the molecule is NC(=O)CCCCNc1ncc(Br)cc1[N+](=O)[O-]. The van der Waals surface area contributed by atoms with E-state index in [1.165, 1.54) is 12.3 Å². The van der Waals surface area contributed by atoms with Gasteiger partial charge in [0.05, 0.1) is 4.92 Å². The highest BCUT2D eigenvalue weighted by Gasteiger charge is 2.15. The molecule has 1 aromatic rings. The van der Waals surface area contributed by atoms with Gasteiger partial charge in [-0.2, -0.15) is 0 Å². The summed E-state index contributed by atoms with van der Waals surface area (Å²) in [6.07, 6.45) is 3.14. The van der Waals surface area contributed by atoms with E-state index in [0.29, 0.717) is 30.3 Å². The molecule has 18 heavy (non-hydrogen) atoms. The predicted molar refractivity (Wildman–Crippen MR) is 70.1 cm³/mol. The summed E-state index contributed by atoms with van der Waals surface area (Å²) in [5, 5.41) is 13.7. The van der Waals surface area contributed by atoms with Crippen molar-refractivity contribution in [1.82, 2.24) is 4.98 Å². The molecular weight excluding hydrogens is 304 g/mol. The number of primary amides is 1. The largest absolute Gasteiger partial charge is 0.370 e. The molecular formula is C10H13BrN4O3. The molecule has 0 bridgehead atoms.